The van der Waals surface area contributed by atoms with Crippen molar-refractivity contribution in [3.05, 3.63) is 0 Å². The van der Waals surface area contributed by atoms with Crippen LogP contribution in [0.5, 0.6) is 0 Å². The summed E-state index contributed by atoms with van der Waals surface area (Å²) in [6.45, 7) is 1.20. The van der Waals surface area contributed by atoms with Gasteiger partial charge < -0.3 is 10.2 Å². The zero-order valence-corrected chi connectivity index (χ0v) is 8.14. The minimum Gasteiger partial charge on any atom is -0.479 e. The highest BCUT2D eigenvalue weighted by Crippen LogP contribution is 2.14. The maximum absolute atomic E-state index is 9.45. The molecule has 1 aliphatic rings. The Labute approximate surface area is 77.2 Å². The van der Waals surface area contributed by atoms with Gasteiger partial charge in [0, 0.05) is 0 Å². The Bertz CT molecular complexity index is 110. The first-order chi connectivity index (χ1) is 5.64. The fourth-order valence-corrected chi connectivity index (χ4v) is 1.71. The van der Waals surface area contributed by atoms with Gasteiger partial charge in [0.05, 0.1) is 0 Å². The Morgan fingerprint density at radius 3 is 1.83 bits per heavy atom. The van der Waals surface area contributed by atoms with Crippen molar-refractivity contribution < 1.29 is 15.0 Å². The minimum absolute atomic E-state index is 1.19. The number of hydrogen-bond acceptors (Lipinski definition) is 3. The van der Waals surface area contributed by atoms with E-state index in [1.165, 1.54) is 37.7 Å². The van der Waals surface area contributed by atoms with Gasteiger partial charge in [-0.3, -0.25) is 0 Å². The normalized spacial score (nSPS) is 18.8. The maximum Gasteiger partial charge on any atom is 0.332 e. The summed E-state index contributed by atoms with van der Waals surface area (Å²) < 4.78 is 0. The van der Waals surface area contributed by atoms with Gasteiger partial charge in [0.25, 0.3) is 0 Å². The van der Waals surface area contributed by atoms with Crippen LogP contribution in [0.2, 0.25) is 0 Å². The summed E-state index contributed by atoms with van der Waals surface area (Å²) in [5, 5.41) is 15.8. The second-order valence-corrected chi connectivity index (χ2v) is 3.91. The first-order valence-corrected chi connectivity index (χ1v) is 5.28. The average molecular weight is 192 g/mol. The zero-order valence-electron chi connectivity index (χ0n) is 7.32. The molecule has 0 saturated carbocycles. The molecule has 0 bridgehead atoms. The van der Waals surface area contributed by atoms with Crippen LogP contribution < -0.4 is 0 Å². The molecule has 0 spiro atoms. The van der Waals surface area contributed by atoms with Gasteiger partial charge >= 0.3 is 5.97 Å². The van der Waals surface area contributed by atoms with Crippen LogP contribution in [0, 0.1) is 0 Å². The van der Waals surface area contributed by atoms with Gasteiger partial charge in [-0.25, -0.2) is 4.79 Å². The maximum atomic E-state index is 9.45. The number of carbonyl (C=O) groups is 1. The summed E-state index contributed by atoms with van der Waals surface area (Å²) in [5.41, 5.74) is 0. The summed E-state index contributed by atoms with van der Waals surface area (Å²) in [6, 6.07) is 0. The lowest BCUT2D eigenvalue weighted by Gasteiger charge is -2.05. The molecule has 1 fully saturated rings. The van der Waals surface area contributed by atoms with Crippen molar-refractivity contribution in [2.75, 3.05) is 11.5 Å². The number of aliphatic hydroxyl groups is 1. The van der Waals surface area contributed by atoms with Crippen molar-refractivity contribution in [2.24, 2.45) is 0 Å². The van der Waals surface area contributed by atoms with E-state index in [2.05, 4.69) is 11.8 Å². The second-order valence-electron chi connectivity index (χ2n) is 2.69. The molecule has 0 aromatic heterocycles. The predicted octanol–water partition coefficient (Wildman–Crippen LogP) is 1.36. The van der Waals surface area contributed by atoms with E-state index >= 15 is 0 Å². The van der Waals surface area contributed by atoms with Gasteiger partial charge in [0.15, 0.2) is 0 Å². The van der Waals surface area contributed by atoms with E-state index in [9.17, 15) is 4.79 Å². The molecular formula is C8H16O3S. The third-order valence-corrected chi connectivity index (χ3v) is 2.59. The Morgan fingerprint density at radius 1 is 1.33 bits per heavy atom. The molecule has 0 amide bonds. The second kappa shape index (κ2) is 7.43. The van der Waals surface area contributed by atoms with E-state index in [0.717, 1.165) is 0 Å². The van der Waals surface area contributed by atoms with Gasteiger partial charge in [-0.2, -0.15) is 11.8 Å². The van der Waals surface area contributed by atoms with E-state index < -0.39 is 12.1 Å². The molecule has 0 radical (unpaired) electrons. The van der Waals surface area contributed by atoms with Crippen LogP contribution in [0.15, 0.2) is 0 Å². The molecule has 4 heteroatoms. The lowest BCUT2D eigenvalue weighted by molar-refractivity contribution is -0.145. The monoisotopic (exact) mass is 192 g/mol. The molecule has 1 atom stereocenters. The number of carboxylic acid groups (broad SMARTS) is 1. The number of thioether (sulfide) groups is 1. The van der Waals surface area contributed by atoms with Gasteiger partial charge in [-0.1, -0.05) is 6.42 Å². The first-order valence-electron chi connectivity index (χ1n) is 4.13. The molecule has 1 unspecified atom stereocenters. The molecule has 1 rings (SSSR count). The highest BCUT2D eigenvalue weighted by Gasteiger charge is 2.01. The Balaban J connectivity index is 0.000000202. The van der Waals surface area contributed by atoms with Crippen LogP contribution in [-0.4, -0.2) is 33.8 Å². The van der Waals surface area contributed by atoms with Crippen molar-refractivity contribution in [3.8, 4) is 0 Å². The third kappa shape index (κ3) is 7.88. The van der Waals surface area contributed by atoms with Gasteiger partial charge in [-0.05, 0) is 31.3 Å². The fraction of sp³-hybridized carbons (Fsp3) is 0.875. The molecule has 12 heavy (non-hydrogen) atoms. The summed E-state index contributed by atoms with van der Waals surface area (Å²) in [5.74, 6) is 1.65. The van der Waals surface area contributed by atoms with Crippen LogP contribution in [-0.2, 0) is 4.79 Å². The van der Waals surface area contributed by atoms with E-state index in [1.807, 2.05) is 0 Å². The molecule has 1 saturated heterocycles. The molecule has 1 aliphatic heterocycles. The van der Waals surface area contributed by atoms with Gasteiger partial charge in [-0.15, -0.1) is 0 Å². The lowest BCUT2D eigenvalue weighted by atomic mass is 10.3. The van der Waals surface area contributed by atoms with Crippen LogP contribution in [0.3, 0.4) is 0 Å². The Hall–Kier alpha value is -0.220. The quantitative estimate of drug-likeness (QED) is 0.658. The predicted molar refractivity (Wildman–Crippen MR) is 50.5 cm³/mol. The Morgan fingerprint density at radius 2 is 1.75 bits per heavy atom. The summed E-state index contributed by atoms with van der Waals surface area (Å²) in [6.07, 6.45) is 3.17. The van der Waals surface area contributed by atoms with E-state index in [1.54, 1.807) is 0 Å². The molecule has 0 aromatic rings. The van der Waals surface area contributed by atoms with Crippen LogP contribution >= 0.6 is 11.8 Å². The molecule has 2 N–H and O–H groups in total. The molecule has 1 heterocycles. The minimum atomic E-state index is -1.23. The van der Waals surface area contributed by atoms with E-state index in [4.69, 9.17) is 10.2 Å². The van der Waals surface area contributed by atoms with Crippen LogP contribution in [0.4, 0.5) is 0 Å². The van der Waals surface area contributed by atoms with E-state index in [-0.39, 0.29) is 0 Å². The fourth-order valence-electron chi connectivity index (χ4n) is 0.687. The van der Waals surface area contributed by atoms with E-state index in [0.29, 0.717) is 0 Å². The topological polar surface area (TPSA) is 57.5 Å². The van der Waals surface area contributed by atoms with Crippen molar-refractivity contribution in [1.82, 2.24) is 0 Å². The molecule has 3 nitrogen and oxygen atoms in total. The summed E-state index contributed by atoms with van der Waals surface area (Å²) in [7, 11) is 0. The molecule has 72 valence electrons. The SMILES string of the molecule is C1CCSCC1.CC(O)C(=O)O. The summed E-state index contributed by atoms with van der Waals surface area (Å²) in [4.78, 5) is 9.45. The Kier molecular flexibility index (Phi) is 7.29. The highest BCUT2D eigenvalue weighted by atomic mass is 32.2. The number of aliphatic hydroxyl groups excluding tert-OH is 1. The van der Waals surface area contributed by atoms with Crippen molar-refractivity contribution in [1.29, 1.82) is 0 Å². The number of carboxylic acids is 1. The standard InChI is InChI=1S/C5H10S.C3H6O3/c1-2-4-6-5-3-1;1-2(4)3(5)6/h1-5H2;2,4H,1H3,(H,5,6). The lowest BCUT2D eigenvalue weighted by Crippen LogP contribution is -2.13. The first kappa shape index (κ1) is 11.8. The highest BCUT2D eigenvalue weighted by molar-refractivity contribution is 7.99. The van der Waals surface area contributed by atoms with Crippen molar-refractivity contribution in [3.63, 3.8) is 0 Å². The molecular weight excluding hydrogens is 176 g/mol. The number of hydrogen-bond donors (Lipinski definition) is 2. The average Bonchev–Trinajstić information content (AvgIpc) is 2.08. The van der Waals surface area contributed by atoms with Crippen LogP contribution in [0.1, 0.15) is 26.2 Å². The largest absolute Gasteiger partial charge is 0.479 e. The number of aliphatic carboxylic acids is 1. The zero-order chi connectivity index (χ0) is 9.40. The summed E-state index contributed by atoms with van der Waals surface area (Å²) >= 11 is 2.09. The van der Waals surface area contributed by atoms with Crippen molar-refractivity contribution >= 4 is 17.7 Å². The molecule has 0 aliphatic carbocycles. The van der Waals surface area contributed by atoms with Gasteiger partial charge in [0.2, 0.25) is 0 Å². The number of rotatable bonds is 1. The van der Waals surface area contributed by atoms with Gasteiger partial charge in [0.1, 0.15) is 6.10 Å². The van der Waals surface area contributed by atoms with Crippen molar-refractivity contribution in [2.45, 2.75) is 32.3 Å². The molecule has 0 aromatic carbocycles. The smallest absolute Gasteiger partial charge is 0.332 e. The van der Waals surface area contributed by atoms with Crippen LogP contribution in [0.25, 0.3) is 0 Å². The third-order valence-electron chi connectivity index (χ3n) is 1.43.